The standard InChI is InChI=1S/C64H116NO8P/c1-6-8-10-12-14-16-18-20-21-22-23-24-25-26-27-28-29-30-31-32-33-34-35-36-37-38-39-40-41-42-43-45-46-48-50-52-54-56-63(66)70-60-62(61-72-74(68,69)71-59-58-65(3,4)5)73-64(67)57-55-53-51-49-47-44-19-17-15-13-11-9-7-2/h9,11,15,17-18,20,22-23,44,47,51,53,62H,6-8,10,12-14,16,19,21,24-43,45-46,48-50,52,54-61H2,1-5H3/p+1/b11-9-,17-15-,20-18-,23-22-,47-44-,53-51-. The average Bonchev–Trinajstić information content (AvgIpc) is 3.36. The summed E-state index contributed by atoms with van der Waals surface area (Å²) in [5, 5.41) is 0. The first-order chi connectivity index (χ1) is 36.0. The average molecular weight is 1060 g/mol. The Bertz CT molecular complexity index is 1480. The van der Waals surface area contributed by atoms with Crippen molar-refractivity contribution in [3.05, 3.63) is 72.9 Å². The van der Waals surface area contributed by atoms with Crippen LogP contribution < -0.4 is 0 Å². The van der Waals surface area contributed by atoms with E-state index in [1.54, 1.807) is 0 Å². The van der Waals surface area contributed by atoms with Crippen LogP contribution in [-0.4, -0.2) is 74.9 Å². The smallest absolute Gasteiger partial charge is 0.462 e. The van der Waals surface area contributed by atoms with Gasteiger partial charge in [0.2, 0.25) is 0 Å². The molecule has 0 fully saturated rings. The lowest BCUT2D eigenvalue weighted by Gasteiger charge is -2.24. The number of carbonyl (C=O) groups excluding carboxylic acids is 2. The van der Waals surface area contributed by atoms with Crippen molar-refractivity contribution in [2.75, 3.05) is 47.5 Å². The molecule has 9 nitrogen and oxygen atoms in total. The molecule has 0 amide bonds. The molecule has 0 saturated carbocycles. The molecule has 0 aliphatic heterocycles. The summed E-state index contributed by atoms with van der Waals surface area (Å²) in [6, 6.07) is 0. The fraction of sp³-hybridized carbons (Fsp3) is 0.781. The van der Waals surface area contributed by atoms with Gasteiger partial charge >= 0.3 is 19.8 Å². The fourth-order valence-electron chi connectivity index (χ4n) is 8.53. The minimum Gasteiger partial charge on any atom is -0.462 e. The molecule has 2 unspecified atom stereocenters. The molecule has 10 heteroatoms. The normalized spacial score (nSPS) is 13.8. The summed E-state index contributed by atoms with van der Waals surface area (Å²) >= 11 is 0. The van der Waals surface area contributed by atoms with Gasteiger partial charge in [-0.15, -0.1) is 0 Å². The number of hydrogen-bond donors (Lipinski definition) is 1. The van der Waals surface area contributed by atoms with E-state index in [1.807, 2.05) is 33.3 Å². The number of carbonyl (C=O) groups is 2. The minimum absolute atomic E-state index is 0.0179. The van der Waals surface area contributed by atoms with E-state index in [0.717, 1.165) is 51.4 Å². The van der Waals surface area contributed by atoms with Crippen LogP contribution in [0.25, 0.3) is 0 Å². The Balaban J connectivity index is 3.92. The Kier molecular flexibility index (Phi) is 53.3. The second-order valence-corrected chi connectivity index (χ2v) is 23.2. The van der Waals surface area contributed by atoms with E-state index in [4.69, 9.17) is 18.5 Å². The van der Waals surface area contributed by atoms with Crippen LogP contribution in [0.3, 0.4) is 0 Å². The second-order valence-electron chi connectivity index (χ2n) is 21.7. The van der Waals surface area contributed by atoms with Crippen LogP contribution in [0.5, 0.6) is 0 Å². The molecule has 0 aromatic heterocycles. The third-order valence-corrected chi connectivity index (χ3v) is 14.2. The maximum Gasteiger partial charge on any atom is 0.472 e. The summed E-state index contributed by atoms with van der Waals surface area (Å²) in [5.74, 6) is -0.887. The highest BCUT2D eigenvalue weighted by molar-refractivity contribution is 7.47. The Labute approximate surface area is 457 Å². The van der Waals surface area contributed by atoms with Gasteiger partial charge in [-0.25, -0.2) is 4.57 Å². The first-order valence-corrected chi connectivity index (χ1v) is 32.2. The molecule has 2 atom stereocenters. The highest BCUT2D eigenvalue weighted by Gasteiger charge is 2.27. The Morgan fingerprint density at radius 2 is 0.797 bits per heavy atom. The number of hydrogen-bond acceptors (Lipinski definition) is 7. The van der Waals surface area contributed by atoms with Gasteiger partial charge in [0, 0.05) is 12.8 Å². The molecular formula is C64H117NO8P+. The number of likely N-dealkylation sites (N-methyl/N-ethyl adjacent to an activating group) is 1. The van der Waals surface area contributed by atoms with E-state index < -0.39 is 26.5 Å². The SMILES string of the molecule is CC/C=C\C/C=C\C/C=C\C/C=C\CCC(=O)OC(COC(=O)CCCCCCCCCCCCCCCCCCCCCCCCCCC/C=C\C/C=C\CCCCCCC)COP(=O)(O)OCC[N+](C)(C)C. The van der Waals surface area contributed by atoms with Crippen molar-refractivity contribution >= 4 is 19.8 Å². The topological polar surface area (TPSA) is 108 Å². The summed E-state index contributed by atoms with van der Waals surface area (Å²) in [5.41, 5.74) is 0. The highest BCUT2D eigenvalue weighted by Crippen LogP contribution is 2.43. The van der Waals surface area contributed by atoms with Gasteiger partial charge in [0.25, 0.3) is 0 Å². The zero-order valence-corrected chi connectivity index (χ0v) is 49.7. The molecule has 0 aromatic rings. The van der Waals surface area contributed by atoms with Gasteiger partial charge in [-0.1, -0.05) is 260 Å². The lowest BCUT2D eigenvalue weighted by atomic mass is 10.0. The first kappa shape index (κ1) is 71.5. The maximum atomic E-state index is 12.7. The maximum absolute atomic E-state index is 12.7. The molecule has 0 aromatic carbocycles. The van der Waals surface area contributed by atoms with Crippen LogP contribution in [0, 0.1) is 0 Å². The van der Waals surface area contributed by atoms with Crippen molar-refractivity contribution in [1.29, 1.82) is 0 Å². The van der Waals surface area contributed by atoms with Crippen molar-refractivity contribution in [2.45, 2.75) is 277 Å². The van der Waals surface area contributed by atoms with Gasteiger partial charge in [0.1, 0.15) is 19.8 Å². The Morgan fingerprint density at radius 3 is 1.20 bits per heavy atom. The molecule has 0 aliphatic carbocycles. The first-order valence-electron chi connectivity index (χ1n) is 30.7. The van der Waals surface area contributed by atoms with Crippen LogP contribution in [0.15, 0.2) is 72.9 Å². The monoisotopic (exact) mass is 1060 g/mol. The van der Waals surface area contributed by atoms with Crippen LogP contribution in [0.4, 0.5) is 0 Å². The van der Waals surface area contributed by atoms with Crippen LogP contribution in [0.2, 0.25) is 0 Å². The number of unbranched alkanes of at least 4 members (excludes halogenated alkanes) is 30. The molecule has 0 saturated heterocycles. The van der Waals surface area contributed by atoms with Gasteiger partial charge in [-0.3, -0.25) is 18.6 Å². The van der Waals surface area contributed by atoms with Crippen LogP contribution in [0.1, 0.15) is 271 Å². The molecular weight excluding hydrogens is 942 g/mol. The zero-order valence-electron chi connectivity index (χ0n) is 48.8. The van der Waals surface area contributed by atoms with Crippen molar-refractivity contribution in [2.24, 2.45) is 0 Å². The third kappa shape index (κ3) is 58.7. The van der Waals surface area contributed by atoms with E-state index >= 15 is 0 Å². The van der Waals surface area contributed by atoms with E-state index in [1.165, 1.54) is 186 Å². The number of phosphoric ester groups is 1. The van der Waals surface area contributed by atoms with Gasteiger partial charge in [0.05, 0.1) is 27.7 Å². The lowest BCUT2D eigenvalue weighted by Crippen LogP contribution is -2.37. The summed E-state index contributed by atoms with van der Waals surface area (Å²) in [6.07, 6.45) is 73.3. The molecule has 0 radical (unpaired) electrons. The van der Waals surface area contributed by atoms with Gasteiger partial charge in [0.15, 0.2) is 6.10 Å². The van der Waals surface area contributed by atoms with Crippen LogP contribution in [-0.2, 0) is 32.7 Å². The van der Waals surface area contributed by atoms with E-state index in [2.05, 4.69) is 74.6 Å². The Hall–Kier alpha value is -2.55. The third-order valence-electron chi connectivity index (χ3n) is 13.2. The van der Waals surface area contributed by atoms with Crippen molar-refractivity contribution < 1.29 is 42.1 Å². The second kappa shape index (κ2) is 55.2. The Morgan fingerprint density at radius 1 is 0.432 bits per heavy atom. The quantitative estimate of drug-likeness (QED) is 0.0211. The summed E-state index contributed by atoms with van der Waals surface area (Å²) in [6.45, 7) is 4.23. The van der Waals surface area contributed by atoms with E-state index in [-0.39, 0.29) is 32.0 Å². The fourth-order valence-corrected chi connectivity index (χ4v) is 9.27. The number of phosphoric acid groups is 1. The van der Waals surface area contributed by atoms with Gasteiger partial charge < -0.3 is 18.9 Å². The molecule has 74 heavy (non-hydrogen) atoms. The molecule has 0 spiro atoms. The number of rotatable bonds is 56. The summed E-state index contributed by atoms with van der Waals surface area (Å²) in [4.78, 5) is 35.5. The lowest BCUT2D eigenvalue weighted by molar-refractivity contribution is -0.870. The van der Waals surface area contributed by atoms with Crippen LogP contribution >= 0.6 is 7.82 Å². The molecule has 1 N–H and O–H groups in total. The number of nitrogens with zero attached hydrogens (tertiary/aromatic N) is 1. The number of quaternary nitrogens is 1. The number of esters is 2. The molecule has 0 bridgehead atoms. The van der Waals surface area contributed by atoms with Crippen molar-refractivity contribution in [1.82, 2.24) is 0 Å². The van der Waals surface area contributed by atoms with Crippen molar-refractivity contribution in [3.8, 4) is 0 Å². The van der Waals surface area contributed by atoms with Gasteiger partial charge in [-0.05, 0) is 70.6 Å². The van der Waals surface area contributed by atoms with E-state index in [0.29, 0.717) is 17.4 Å². The summed E-state index contributed by atoms with van der Waals surface area (Å²) < 4.78 is 34.4. The van der Waals surface area contributed by atoms with Crippen molar-refractivity contribution in [3.63, 3.8) is 0 Å². The molecule has 0 aliphatic rings. The molecule has 0 heterocycles. The number of allylic oxidation sites excluding steroid dienone is 12. The zero-order chi connectivity index (χ0) is 54.2. The predicted octanol–water partition coefficient (Wildman–Crippen LogP) is 19.3. The predicted molar refractivity (Wildman–Crippen MR) is 316 cm³/mol. The van der Waals surface area contributed by atoms with E-state index in [9.17, 15) is 19.0 Å². The van der Waals surface area contributed by atoms with Gasteiger partial charge in [-0.2, -0.15) is 0 Å². The number of ether oxygens (including phenoxy) is 2. The highest BCUT2D eigenvalue weighted by atomic mass is 31.2. The summed E-state index contributed by atoms with van der Waals surface area (Å²) in [7, 11) is 1.44. The molecule has 0 rings (SSSR count). The molecule has 430 valence electrons. The minimum atomic E-state index is -4.40. The largest absolute Gasteiger partial charge is 0.472 e.